The van der Waals surface area contributed by atoms with Crippen molar-refractivity contribution in [1.82, 2.24) is 20.4 Å². The summed E-state index contributed by atoms with van der Waals surface area (Å²) >= 11 is 0. The van der Waals surface area contributed by atoms with Crippen molar-refractivity contribution in [3.63, 3.8) is 0 Å². The second-order valence-electron chi connectivity index (χ2n) is 15.2. The lowest BCUT2D eigenvalue weighted by Crippen LogP contribution is -2.83. The Morgan fingerprint density at radius 1 is 1.00 bits per heavy atom. The Labute approximate surface area is 301 Å². The SMILES string of the molecule is CCN(CC)CCC(=O)NC1C2CC3CC1(c1c(OC)cccc1OC)CC(N(C(=O)c1ccn[nH]1)c1ccccc1)(C3)C2(CC(C)C)C(=O)O. The molecule has 4 bridgehead atoms. The third kappa shape index (κ3) is 5.87. The minimum absolute atomic E-state index is 0.0221. The molecule has 3 N–H and O–H groups in total. The van der Waals surface area contributed by atoms with Gasteiger partial charge in [-0.15, -0.1) is 0 Å². The van der Waals surface area contributed by atoms with Crippen LogP contribution in [-0.4, -0.2) is 83.4 Å². The molecule has 6 unspecified atom stereocenters. The first-order valence-corrected chi connectivity index (χ1v) is 18.4. The fourth-order valence-corrected chi connectivity index (χ4v) is 10.6. The van der Waals surface area contributed by atoms with Crippen LogP contribution in [-0.2, 0) is 15.0 Å². The van der Waals surface area contributed by atoms with E-state index in [4.69, 9.17) is 9.47 Å². The average Bonchev–Trinajstić information content (AvgIpc) is 3.67. The van der Waals surface area contributed by atoms with Crippen molar-refractivity contribution in [2.75, 3.05) is 38.8 Å². The minimum Gasteiger partial charge on any atom is -0.496 e. The number of aromatic amines is 1. The third-order valence-corrected chi connectivity index (χ3v) is 12.2. The number of carboxylic acid groups (broad SMARTS) is 1. The number of carbonyl (C=O) groups excluding carboxylic acids is 2. The zero-order chi connectivity index (χ0) is 36.6. The van der Waals surface area contributed by atoms with Crippen LogP contribution in [0, 0.1) is 23.2 Å². The highest BCUT2D eigenvalue weighted by molar-refractivity contribution is 6.07. The summed E-state index contributed by atoms with van der Waals surface area (Å²) in [6.07, 6.45) is 4.22. The Hall–Kier alpha value is -4.38. The van der Waals surface area contributed by atoms with Gasteiger partial charge in [0.05, 0.1) is 25.2 Å². The van der Waals surface area contributed by atoms with E-state index in [1.807, 2.05) is 62.4 Å². The topological polar surface area (TPSA) is 137 Å². The van der Waals surface area contributed by atoms with E-state index >= 15 is 4.79 Å². The van der Waals surface area contributed by atoms with Crippen LogP contribution in [0.3, 0.4) is 0 Å². The Morgan fingerprint density at radius 3 is 2.25 bits per heavy atom. The highest BCUT2D eigenvalue weighted by Gasteiger charge is 2.78. The fraction of sp³-hybridized carbons (Fsp3) is 0.550. The van der Waals surface area contributed by atoms with Gasteiger partial charge in [0.25, 0.3) is 5.91 Å². The van der Waals surface area contributed by atoms with E-state index in [9.17, 15) is 14.7 Å². The number of anilines is 1. The molecule has 0 spiro atoms. The summed E-state index contributed by atoms with van der Waals surface area (Å²) in [7, 11) is 3.26. The van der Waals surface area contributed by atoms with Crippen molar-refractivity contribution < 1.29 is 29.0 Å². The van der Waals surface area contributed by atoms with Crippen LogP contribution in [0.5, 0.6) is 11.5 Å². The van der Waals surface area contributed by atoms with Crippen LogP contribution in [0.2, 0.25) is 0 Å². The van der Waals surface area contributed by atoms with Gasteiger partial charge in [-0.05, 0) is 93.3 Å². The van der Waals surface area contributed by atoms with Crippen LogP contribution in [0.15, 0.2) is 60.8 Å². The molecule has 7 rings (SSSR count). The number of nitrogens with one attached hydrogen (secondary N) is 2. The van der Waals surface area contributed by atoms with Crippen molar-refractivity contribution in [1.29, 1.82) is 0 Å². The van der Waals surface area contributed by atoms with Gasteiger partial charge in [0.15, 0.2) is 0 Å². The largest absolute Gasteiger partial charge is 0.496 e. The molecule has 1 heterocycles. The van der Waals surface area contributed by atoms with Crippen molar-refractivity contribution in [3.8, 4) is 11.5 Å². The van der Waals surface area contributed by atoms with Gasteiger partial charge in [-0.1, -0.05) is 52.0 Å². The number of aromatic nitrogens is 2. The molecule has 0 saturated heterocycles. The highest BCUT2D eigenvalue weighted by Crippen LogP contribution is 2.73. The number of nitrogens with zero attached hydrogens (tertiary/aromatic N) is 3. The van der Waals surface area contributed by atoms with Gasteiger partial charge in [0.1, 0.15) is 17.2 Å². The lowest BCUT2D eigenvalue weighted by Gasteiger charge is -2.74. The van der Waals surface area contributed by atoms with Crippen LogP contribution >= 0.6 is 0 Å². The molecule has 1 aromatic heterocycles. The molecule has 4 aliphatic rings. The number of hydrogen-bond donors (Lipinski definition) is 3. The van der Waals surface area contributed by atoms with Crippen molar-refractivity contribution in [2.45, 2.75) is 83.2 Å². The molecule has 4 aliphatic carbocycles. The molecule has 4 saturated carbocycles. The molecule has 6 atom stereocenters. The number of hydrogen-bond acceptors (Lipinski definition) is 7. The lowest BCUT2D eigenvalue weighted by molar-refractivity contribution is -0.198. The van der Waals surface area contributed by atoms with Crippen molar-refractivity contribution in [3.05, 3.63) is 72.1 Å². The summed E-state index contributed by atoms with van der Waals surface area (Å²) in [5.74, 6) is -0.631. The smallest absolute Gasteiger partial charge is 0.312 e. The van der Waals surface area contributed by atoms with Crippen molar-refractivity contribution in [2.24, 2.45) is 23.2 Å². The first kappa shape index (κ1) is 36.4. The molecular weight excluding hydrogens is 646 g/mol. The number of H-pyrrole nitrogens is 1. The standard InChI is InChI=1S/C40H53N5O6/c1-7-44(8-2)20-18-33(46)42-35-29-21-27-23-38(35,34-31(50-5)15-12-16-32(34)51-6)25-39(24-27,40(29,37(48)49)22-26(3)4)45(28-13-10-9-11-14-28)36(47)30-17-19-41-43-30/h9-17,19,26-27,29,35H,7-8,18,20-25H2,1-6H3,(H,41,43)(H,42,46)(H,48,49). The number of para-hydroxylation sites is 1. The predicted molar refractivity (Wildman–Crippen MR) is 195 cm³/mol. The Balaban J connectivity index is 1.65. The van der Waals surface area contributed by atoms with E-state index < -0.39 is 34.3 Å². The Bertz CT molecular complexity index is 1690. The summed E-state index contributed by atoms with van der Waals surface area (Å²) in [6.45, 7) is 10.5. The average molecular weight is 700 g/mol. The van der Waals surface area contributed by atoms with Gasteiger partial charge in [-0.25, -0.2) is 0 Å². The van der Waals surface area contributed by atoms with E-state index in [0.717, 1.165) is 18.7 Å². The first-order valence-electron chi connectivity index (χ1n) is 18.4. The van der Waals surface area contributed by atoms with Crippen LogP contribution in [0.1, 0.15) is 82.3 Å². The molecule has 4 fully saturated rings. The molecule has 11 heteroatoms. The number of rotatable bonds is 15. The molecule has 3 aromatic rings. The molecule has 2 amide bonds. The number of carboxylic acids is 1. The predicted octanol–water partition coefficient (Wildman–Crippen LogP) is 5.92. The summed E-state index contributed by atoms with van der Waals surface area (Å²) in [5, 5.41) is 22.3. The molecular formula is C40H53N5O6. The van der Waals surface area contributed by atoms with Gasteiger partial charge in [0.2, 0.25) is 5.91 Å². The van der Waals surface area contributed by atoms with Gasteiger partial charge in [0, 0.05) is 41.9 Å². The minimum atomic E-state index is -1.42. The number of methoxy groups -OCH3 is 2. The summed E-state index contributed by atoms with van der Waals surface area (Å²) < 4.78 is 12.2. The molecule has 0 radical (unpaired) electrons. The highest BCUT2D eigenvalue weighted by atomic mass is 16.5. The number of amides is 2. The van der Waals surface area contributed by atoms with Crippen molar-refractivity contribution >= 4 is 23.5 Å². The monoisotopic (exact) mass is 699 g/mol. The third-order valence-electron chi connectivity index (χ3n) is 12.2. The molecule has 51 heavy (non-hydrogen) atoms. The molecule has 2 aromatic carbocycles. The second-order valence-corrected chi connectivity index (χ2v) is 15.2. The Kier molecular flexibility index (Phi) is 10.2. The van der Waals surface area contributed by atoms with E-state index in [1.165, 1.54) is 0 Å². The number of carbonyl (C=O) groups is 3. The number of ether oxygens (including phenoxy) is 2. The van der Waals surface area contributed by atoms with E-state index in [2.05, 4.69) is 34.3 Å². The molecule has 11 nitrogen and oxygen atoms in total. The maximum atomic E-state index is 15.0. The maximum Gasteiger partial charge on any atom is 0.312 e. The van der Waals surface area contributed by atoms with Gasteiger partial charge < -0.3 is 24.8 Å². The Morgan fingerprint density at radius 2 is 1.69 bits per heavy atom. The van der Waals surface area contributed by atoms with Crippen LogP contribution in [0.4, 0.5) is 5.69 Å². The zero-order valence-electron chi connectivity index (χ0n) is 30.8. The fourth-order valence-electron chi connectivity index (χ4n) is 10.6. The number of benzene rings is 2. The van der Waals surface area contributed by atoms with E-state index in [-0.39, 0.29) is 42.2 Å². The zero-order valence-corrected chi connectivity index (χ0v) is 30.8. The van der Waals surface area contributed by atoms with Gasteiger partial charge in [-0.3, -0.25) is 24.4 Å². The number of aliphatic carboxylic acids is 1. The van der Waals surface area contributed by atoms with Gasteiger partial charge >= 0.3 is 5.97 Å². The first-order chi connectivity index (χ1) is 24.5. The molecule has 0 aliphatic heterocycles. The normalized spacial score (nSPS) is 27.8. The summed E-state index contributed by atoms with van der Waals surface area (Å²) in [6, 6.07) is 16.2. The van der Waals surface area contributed by atoms with E-state index in [0.29, 0.717) is 49.4 Å². The van der Waals surface area contributed by atoms with E-state index in [1.54, 1.807) is 31.4 Å². The van der Waals surface area contributed by atoms with Gasteiger partial charge in [-0.2, -0.15) is 5.10 Å². The summed E-state index contributed by atoms with van der Waals surface area (Å²) in [5.41, 5.74) is -1.73. The maximum absolute atomic E-state index is 15.0. The second kappa shape index (κ2) is 14.3. The molecule has 274 valence electrons. The summed E-state index contributed by atoms with van der Waals surface area (Å²) in [4.78, 5) is 47.6. The van der Waals surface area contributed by atoms with Crippen LogP contribution in [0.25, 0.3) is 0 Å². The lowest BCUT2D eigenvalue weighted by atomic mass is 9.34. The quantitative estimate of drug-likeness (QED) is 0.178. The van der Waals surface area contributed by atoms with Crippen LogP contribution < -0.4 is 19.7 Å².